The summed E-state index contributed by atoms with van der Waals surface area (Å²) in [5, 5.41) is 0. The van der Waals surface area contributed by atoms with E-state index >= 15 is 0 Å². The van der Waals surface area contributed by atoms with Crippen molar-refractivity contribution in [2.24, 2.45) is 0 Å². The van der Waals surface area contributed by atoms with Crippen molar-refractivity contribution in [2.75, 3.05) is 0 Å². The Balaban J connectivity index is -0.0000000277. The molecule has 18 heavy (non-hydrogen) atoms. The molecule has 12 nitrogen and oxygen atoms in total. The summed E-state index contributed by atoms with van der Waals surface area (Å²) in [6.45, 7) is 0. The SMILES string of the molecule is O=P(O)(O)O.O=P(O)(O)O.O=P([O-])([O-])[O-].[K+].[Na+].[Na+]. The van der Waals surface area contributed by atoms with Crippen LogP contribution in [0.4, 0.5) is 0 Å². The van der Waals surface area contributed by atoms with Gasteiger partial charge in [-0.1, -0.05) is 0 Å². The zero-order valence-corrected chi connectivity index (χ0v) is 19.3. The van der Waals surface area contributed by atoms with E-state index < -0.39 is 23.5 Å². The van der Waals surface area contributed by atoms with Crippen molar-refractivity contribution < 1.29 is 168 Å². The van der Waals surface area contributed by atoms with Crippen LogP contribution < -0.4 is 125 Å². The topological polar surface area (TPSA) is 242 Å². The third-order valence-corrected chi connectivity index (χ3v) is 0. The van der Waals surface area contributed by atoms with Gasteiger partial charge in [0.1, 0.15) is 0 Å². The molecule has 96 valence electrons. The van der Waals surface area contributed by atoms with Crippen LogP contribution in [0, 0.1) is 0 Å². The second-order valence-corrected chi connectivity index (χ2v) is 4.42. The Morgan fingerprint density at radius 3 is 0.611 bits per heavy atom. The van der Waals surface area contributed by atoms with Gasteiger partial charge >= 0.3 is 126 Å². The summed E-state index contributed by atoms with van der Waals surface area (Å²) in [5.74, 6) is 0. The van der Waals surface area contributed by atoms with E-state index in [1.807, 2.05) is 0 Å². The molecule has 0 radical (unpaired) electrons. The molecule has 0 saturated heterocycles. The van der Waals surface area contributed by atoms with Crippen LogP contribution in [0.1, 0.15) is 0 Å². The predicted molar refractivity (Wildman–Crippen MR) is 36.1 cm³/mol. The quantitative estimate of drug-likeness (QED) is 0.170. The van der Waals surface area contributed by atoms with Crippen LogP contribution >= 0.6 is 23.5 Å². The molecule has 0 aromatic heterocycles. The second kappa shape index (κ2) is 17.3. The molecular formula is H6KNa2O12P3. The fraction of sp³-hybridized carbons (Fsp3) is 0. The van der Waals surface area contributed by atoms with Gasteiger partial charge in [-0.2, -0.15) is 7.82 Å². The molecule has 0 aromatic rings. The van der Waals surface area contributed by atoms with E-state index in [-0.39, 0.29) is 110 Å². The molecule has 0 aromatic carbocycles. The second-order valence-electron chi connectivity index (χ2n) is 1.47. The minimum absolute atomic E-state index is 0. The van der Waals surface area contributed by atoms with Gasteiger partial charge in [-0.15, -0.1) is 0 Å². The number of rotatable bonds is 0. The van der Waals surface area contributed by atoms with Gasteiger partial charge in [0.15, 0.2) is 0 Å². The Morgan fingerprint density at radius 2 is 0.611 bits per heavy atom. The Morgan fingerprint density at radius 1 is 0.611 bits per heavy atom. The molecule has 0 bridgehead atoms. The summed E-state index contributed by atoms with van der Waals surface area (Å²) in [7, 11) is -14.7. The maximum atomic E-state index is 8.88. The molecule has 0 amide bonds. The van der Waals surface area contributed by atoms with Gasteiger partial charge in [0.2, 0.25) is 0 Å². The van der Waals surface area contributed by atoms with Crippen LogP contribution in [-0.4, -0.2) is 29.4 Å². The summed E-state index contributed by atoms with van der Waals surface area (Å²) >= 11 is 0. The van der Waals surface area contributed by atoms with Crippen molar-refractivity contribution in [3.05, 3.63) is 0 Å². The average molecular weight is 376 g/mol. The maximum absolute atomic E-state index is 8.88. The molecule has 0 saturated carbocycles. The Hall–Kier alpha value is 3.97. The number of hydrogen-bond donors (Lipinski definition) is 6. The van der Waals surface area contributed by atoms with Gasteiger partial charge in [0, 0.05) is 0 Å². The molecule has 0 aliphatic heterocycles. The van der Waals surface area contributed by atoms with Gasteiger partial charge in [-0.3, -0.25) is 0 Å². The van der Waals surface area contributed by atoms with E-state index in [2.05, 4.69) is 0 Å². The Kier molecular flexibility index (Phi) is 36.5. The molecule has 0 atom stereocenters. The van der Waals surface area contributed by atoms with Crippen molar-refractivity contribution in [1.82, 2.24) is 0 Å². The van der Waals surface area contributed by atoms with Crippen LogP contribution in [0.3, 0.4) is 0 Å². The monoisotopic (exact) mass is 376 g/mol. The molecule has 6 N–H and O–H groups in total. The Labute approximate surface area is 188 Å². The largest absolute Gasteiger partial charge is 1.00 e. The van der Waals surface area contributed by atoms with E-state index in [1.54, 1.807) is 0 Å². The molecular weight excluding hydrogens is 370 g/mol. The first-order valence-electron chi connectivity index (χ1n) is 2.30. The van der Waals surface area contributed by atoms with Crippen molar-refractivity contribution in [3.63, 3.8) is 0 Å². The summed E-state index contributed by atoms with van der Waals surface area (Å²) in [4.78, 5) is 68.8. The molecule has 0 spiro atoms. The van der Waals surface area contributed by atoms with Crippen LogP contribution in [0.25, 0.3) is 0 Å². The number of phosphoric acid groups is 3. The minimum atomic E-state index is -5.39. The van der Waals surface area contributed by atoms with Crippen molar-refractivity contribution >= 4 is 23.5 Å². The fourth-order valence-corrected chi connectivity index (χ4v) is 0. The van der Waals surface area contributed by atoms with E-state index in [4.69, 9.17) is 57.7 Å². The molecule has 18 heteroatoms. The van der Waals surface area contributed by atoms with E-state index in [9.17, 15) is 0 Å². The third-order valence-electron chi connectivity index (χ3n) is 0. The van der Waals surface area contributed by atoms with Gasteiger partial charge in [-0.25, -0.2) is 9.13 Å². The predicted octanol–water partition coefficient (Wildman–Crippen LogP) is -13.7. The van der Waals surface area contributed by atoms with Crippen molar-refractivity contribution in [3.8, 4) is 0 Å². The molecule has 0 rings (SSSR count). The van der Waals surface area contributed by atoms with Gasteiger partial charge in [0.05, 0.1) is 0 Å². The summed E-state index contributed by atoms with van der Waals surface area (Å²) in [6, 6.07) is 0. The minimum Gasteiger partial charge on any atom is -0.822 e. The Bertz CT molecular complexity index is 211. The molecule has 0 aliphatic carbocycles. The zero-order valence-electron chi connectivity index (χ0n) is 9.47. The summed E-state index contributed by atoms with van der Waals surface area (Å²) in [6.07, 6.45) is 0. The van der Waals surface area contributed by atoms with Crippen molar-refractivity contribution in [1.29, 1.82) is 0 Å². The van der Waals surface area contributed by atoms with E-state index in [0.29, 0.717) is 0 Å². The van der Waals surface area contributed by atoms with Gasteiger partial charge < -0.3 is 48.6 Å². The standard InChI is InChI=1S/K.2Na.3H3O4P/c;;;3*1-5(2,3)4/h;;;3*(H3,1,2,3,4)/q3*+1;;;/p-3. The molecule has 0 aliphatic rings. The van der Waals surface area contributed by atoms with Crippen LogP contribution in [0.2, 0.25) is 0 Å². The van der Waals surface area contributed by atoms with Gasteiger partial charge in [-0.05, 0) is 0 Å². The normalized spacial score (nSPS) is 9.83. The van der Waals surface area contributed by atoms with E-state index in [1.165, 1.54) is 0 Å². The van der Waals surface area contributed by atoms with Crippen LogP contribution in [-0.2, 0) is 13.7 Å². The summed E-state index contributed by atoms with van der Waals surface area (Å²) < 4.78 is 26.3. The zero-order chi connectivity index (χ0) is 13.5. The fourth-order valence-electron chi connectivity index (χ4n) is 0. The van der Waals surface area contributed by atoms with Gasteiger partial charge in [0.25, 0.3) is 0 Å². The first kappa shape index (κ1) is 37.9. The first-order chi connectivity index (χ1) is 6.00. The smallest absolute Gasteiger partial charge is 0.822 e. The average Bonchev–Trinajstić information content (AvgIpc) is 1.41. The number of hydrogen-bond acceptors (Lipinski definition) is 6. The van der Waals surface area contributed by atoms with Crippen molar-refractivity contribution in [2.45, 2.75) is 0 Å². The third kappa shape index (κ3) is 457. The van der Waals surface area contributed by atoms with E-state index in [0.717, 1.165) is 0 Å². The summed E-state index contributed by atoms with van der Waals surface area (Å²) in [5.41, 5.74) is 0. The first-order valence-corrected chi connectivity index (χ1v) is 6.89. The molecule has 0 unspecified atom stereocenters. The molecule has 0 heterocycles. The maximum Gasteiger partial charge on any atom is 1.00 e. The van der Waals surface area contributed by atoms with Crippen LogP contribution in [0.5, 0.6) is 0 Å². The molecule has 0 fully saturated rings. The van der Waals surface area contributed by atoms with Crippen LogP contribution in [0.15, 0.2) is 0 Å².